The van der Waals surface area contributed by atoms with Crippen LogP contribution in [0.3, 0.4) is 0 Å². The molecule has 1 amide bonds. The van der Waals surface area contributed by atoms with E-state index in [1.807, 2.05) is 6.92 Å². The Kier molecular flexibility index (Phi) is 4.37. The van der Waals surface area contributed by atoms with Crippen LogP contribution in [0.25, 0.3) is 0 Å². The molecular formula is C15H14FNO3S. The molecule has 2 N–H and O–H groups in total. The van der Waals surface area contributed by atoms with Crippen LogP contribution >= 0.6 is 11.3 Å². The third-order valence-electron chi connectivity index (χ3n) is 3.03. The highest BCUT2D eigenvalue weighted by Crippen LogP contribution is 2.29. The minimum Gasteiger partial charge on any atom is -0.478 e. The Morgan fingerprint density at radius 1 is 1.29 bits per heavy atom. The minimum atomic E-state index is -1.10. The van der Waals surface area contributed by atoms with Gasteiger partial charge in [0.15, 0.2) is 0 Å². The number of carboxylic acids is 1. The van der Waals surface area contributed by atoms with Crippen LogP contribution in [0.15, 0.2) is 24.3 Å². The van der Waals surface area contributed by atoms with Gasteiger partial charge in [-0.05, 0) is 37.1 Å². The van der Waals surface area contributed by atoms with Gasteiger partial charge in [-0.1, -0.05) is 13.0 Å². The molecule has 0 spiro atoms. The summed E-state index contributed by atoms with van der Waals surface area (Å²) < 4.78 is 13.2. The molecule has 2 aromatic rings. The van der Waals surface area contributed by atoms with Crippen LogP contribution < -0.4 is 5.32 Å². The molecule has 0 bridgehead atoms. The Bertz CT molecular complexity index is 709. The topological polar surface area (TPSA) is 66.4 Å². The van der Waals surface area contributed by atoms with Crippen molar-refractivity contribution in [1.29, 1.82) is 0 Å². The van der Waals surface area contributed by atoms with Crippen LogP contribution in [0.1, 0.15) is 38.1 Å². The Morgan fingerprint density at radius 2 is 2.00 bits per heavy atom. The molecule has 0 aliphatic heterocycles. The highest BCUT2D eigenvalue weighted by atomic mass is 32.1. The summed E-state index contributed by atoms with van der Waals surface area (Å²) in [7, 11) is 0. The average molecular weight is 307 g/mol. The molecule has 110 valence electrons. The summed E-state index contributed by atoms with van der Waals surface area (Å²) in [5.74, 6) is -2.12. The molecule has 0 radical (unpaired) electrons. The number of hydrogen-bond acceptors (Lipinski definition) is 3. The number of halogens is 1. The fourth-order valence-electron chi connectivity index (χ4n) is 1.88. The smallest absolute Gasteiger partial charge is 0.338 e. The molecule has 4 nitrogen and oxygen atoms in total. The molecule has 0 fully saturated rings. The maximum atomic E-state index is 13.2. The molecule has 2 rings (SSSR count). The number of anilines is 1. The van der Waals surface area contributed by atoms with Gasteiger partial charge in [0, 0.05) is 10.4 Å². The molecule has 1 heterocycles. The minimum absolute atomic E-state index is 0.0549. The first-order chi connectivity index (χ1) is 9.92. The average Bonchev–Trinajstić information content (AvgIpc) is 2.84. The number of aryl methyl sites for hydroxylation is 2. The molecule has 0 saturated carbocycles. The van der Waals surface area contributed by atoms with E-state index in [0.717, 1.165) is 10.9 Å². The van der Waals surface area contributed by atoms with Gasteiger partial charge in [0.05, 0.1) is 5.56 Å². The molecule has 0 unspecified atom stereocenters. The number of rotatable bonds is 4. The van der Waals surface area contributed by atoms with E-state index >= 15 is 0 Å². The van der Waals surface area contributed by atoms with Crippen molar-refractivity contribution in [1.82, 2.24) is 0 Å². The van der Waals surface area contributed by atoms with Gasteiger partial charge < -0.3 is 10.4 Å². The summed E-state index contributed by atoms with van der Waals surface area (Å²) in [5.41, 5.74) is 0.870. The predicted octanol–water partition coefficient (Wildman–Crippen LogP) is 3.71. The van der Waals surface area contributed by atoms with E-state index in [9.17, 15) is 14.0 Å². The SMILES string of the molecule is CCc1cc(C(=O)O)c(NC(=O)c2cc(F)ccc2C)s1. The number of thiophene rings is 1. The Morgan fingerprint density at radius 3 is 2.62 bits per heavy atom. The van der Waals surface area contributed by atoms with Crippen molar-refractivity contribution in [2.75, 3.05) is 5.32 Å². The highest BCUT2D eigenvalue weighted by Gasteiger charge is 2.18. The van der Waals surface area contributed by atoms with Gasteiger partial charge in [0.2, 0.25) is 0 Å². The van der Waals surface area contributed by atoms with Crippen molar-refractivity contribution in [3.8, 4) is 0 Å². The number of amides is 1. The number of benzene rings is 1. The molecule has 0 saturated heterocycles. The van der Waals surface area contributed by atoms with Crippen molar-refractivity contribution in [3.05, 3.63) is 51.7 Å². The largest absolute Gasteiger partial charge is 0.478 e. The first kappa shape index (κ1) is 15.2. The molecule has 1 aromatic heterocycles. The Hall–Kier alpha value is -2.21. The highest BCUT2D eigenvalue weighted by molar-refractivity contribution is 7.16. The summed E-state index contributed by atoms with van der Waals surface area (Å²) in [5, 5.41) is 12.0. The van der Waals surface area contributed by atoms with Crippen molar-refractivity contribution < 1.29 is 19.1 Å². The van der Waals surface area contributed by atoms with E-state index in [-0.39, 0.29) is 16.1 Å². The number of aromatic carboxylic acids is 1. The molecule has 1 aromatic carbocycles. The predicted molar refractivity (Wildman–Crippen MR) is 79.7 cm³/mol. The van der Waals surface area contributed by atoms with E-state index < -0.39 is 17.7 Å². The molecular weight excluding hydrogens is 293 g/mol. The van der Waals surface area contributed by atoms with E-state index in [1.54, 1.807) is 13.0 Å². The summed E-state index contributed by atoms with van der Waals surface area (Å²) >= 11 is 1.21. The van der Waals surface area contributed by atoms with Crippen LogP contribution in [-0.2, 0) is 6.42 Å². The lowest BCUT2D eigenvalue weighted by atomic mass is 10.1. The monoisotopic (exact) mass is 307 g/mol. The Labute approximate surface area is 125 Å². The maximum absolute atomic E-state index is 13.2. The van der Waals surface area contributed by atoms with Crippen molar-refractivity contribution in [2.45, 2.75) is 20.3 Å². The summed E-state index contributed by atoms with van der Waals surface area (Å²) in [4.78, 5) is 24.2. The van der Waals surface area contributed by atoms with E-state index in [1.165, 1.54) is 23.5 Å². The maximum Gasteiger partial charge on any atom is 0.338 e. The molecule has 0 aliphatic rings. The fourth-order valence-corrected chi connectivity index (χ4v) is 2.86. The second kappa shape index (κ2) is 6.05. The van der Waals surface area contributed by atoms with E-state index in [4.69, 9.17) is 5.11 Å². The van der Waals surface area contributed by atoms with E-state index in [2.05, 4.69) is 5.32 Å². The number of hydrogen-bond donors (Lipinski definition) is 2. The molecule has 6 heteroatoms. The molecule has 0 atom stereocenters. The van der Waals surface area contributed by atoms with Crippen LogP contribution in [0, 0.1) is 12.7 Å². The molecule has 0 aliphatic carbocycles. The lowest BCUT2D eigenvalue weighted by Crippen LogP contribution is -2.14. The second-order valence-corrected chi connectivity index (χ2v) is 5.66. The number of carbonyl (C=O) groups is 2. The zero-order valence-corrected chi connectivity index (χ0v) is 12.4. The normalized spacial score (nSPS) is 10.4. The Balaban J connectivity index is 2.33. The van der Waals surface area contributed by atoms with Crippen LogP contribution in [0.5, 0.6) is 0 Å². The summed E-state index contributed by atoms with van der Waals surface area (Å²) in [6.45, 7) is 3.60. The third-order valence-corrected chi connectivity index (χ3v) is 4.23. The summed E-state index contributed by atoms with van der Waals surface area (Å²) in [6, 6.07) is 5.46. The van der Waals surface area contributed by atoms with Crippen molar-refractivity contribution in [3.63, 3.8) is 0 Å². The van der Waals surface area contributed by atoms with Gasteiger partial charge in [-0.3, -0.25) is 4.79 Å². The number of carboxylic acid groups (broad SMARTS) is 1. The third kappa shape index (κ3) is 3.28. The standard InChI is InChI=1S/C15H14FNO3S/c1-3-10-7-12(15(19)20)14(21-10)17-13(18)11-6-9(16)5-4-8(11)2/h4-7H,3H2,1-2H3,(H,17,18)(H,19,20). The lowest BCUT2D eigenvalue weighted by molar-refractivity contribution is 0.0698. The van der Waals surface area contributed by atoms with Crippen LogP contribution in [0.2, 0.25) is 0 Å². The van der Waals surface area contributed by atoms with Gasteiger partial charge in [-0.25, -0.2) is 9.18 Å². The zero-order valence-electron chi connectivity index (χ0n) is 11.6. The van der Waals surface area contributed by atoms with Gasteiger partial charge in [-0.15, -0.1) is 11.3 Å². The number of carbonyl (C=O) groups excluding carboxylic acids is 1. The van der Waals surface area contributed by atoms with Gasteiger partial charge >= 0.3 is 5.97 Å². The van der Waals surface area contributed by atoms with Crippen molar-refractivity contribution >= 4 is 28.2 Å². The van der Waals surface area contributed by atoms with Crippen molar-refractivity contribution in [2.24, 2.45) is 0 Å². The van der Waals surface area contributed by atoms with Crippen LogP contribution in [-0.4, -0.2) is 17.0 Å². The van der Waals surface area contributed by atoms with E-state index in [0.29, 0.717) is 12.0 Å². The first-order valence-corrected chi connectivity index (χ1v) is 7.17. The van der Waals surface area contributed by atoms with Gasteiger partial charge in [0.1, 0.15) is 10.8 Å². The fraction of sp³-hybridized carbons (Fsp3) is 0.200. The van der Waals surface area contributed by atoms with Gasteiger partial charge in [0.25, 0.3) is 5.91 Å². The zero-order chi connectivity index (χ0) is 15.6. The quantitative estimate of drug-likeness (QED) is 0.905. The van der Waals surface area contributed by atoms with Gasteiger partial charge in [-0.2, -0.15) is 0 Å². The molecule has 21 heavy (non-hydrogen) atoms. The summed E-state index contributed by atoms with van der Waals surface area (Å²) in [6.07, 6.45) is 0.680. The number of nitrogens with one attached hydrogen (secondary N) is 1. The van der Waals surface area contributed by atoms with Crippen LogP contribution in [0.4, 0.5) is 9.39 Å². The lowest BCUT2D eigenvalue weighted by Gasteiger charge is -2.07. The second-order valence-electron chi connectivity index (χ2n) is 4.53. The first-order valence-electron chi connectivity index (χ1n) is 6.36.